The maximum Gasteiger partial charge on any atom is 0.117 e. The Labute approximate surface area is 108 Å². The molecule has 0 aromatic rings. The zero-order chi connectivity index (χ0) is 12.8. The second kappa shape index (κ2) is 13.5. The van der Waals surface area contributed by atoms with E-state index in [1.807, 2.05) is 13.8 Å². The summed E-state index contributed by atoms with van der Waals surface area (Å²) in [7, 11) is 0. The minimum atomic E-state index is 0.779. The van der Waals surface area contributed by atoms with Crippen LogP contribution < -0.4 is 0 Å². The number of hydrogen-bond donors (Lipinski definition) is 0. The summed E-state index contributed by atoms with van der Waals surface area (Å²) in [6, 6.07) is 0. The minimum Gasteiger partial charge on any atom is -0.396 e. The topological polar surface area (TPSA) is 21.6 Å². The summed E-state index contributed by atoms with van der Waals surface area (Å²) in [6.45, 7) is 6.96. The molecule has 2 heteroatoms. The Morgan fingerprint density at radius 2 is 1.24 bits per heavy atom. The first-order valence-electron chi connectivity index (χ1n) is 7.40. The van der Waals surface area contributed by atoms with E-state index in [9.17, 15) is 0 Å². The fourth-order valence-corrected chi connectivity index (χ4v) is 1.83. The third kappa shape index (κ3) is 15.5. The lowest BCUT2D eigenvalue weighted by Crippen LogP contribution is -1.91. The molecule has 0 N–H and O–H groups in total. The van der Waals surface area contributed by atoms with Crippen LogP contribution in [0.25, 0.3) is 0 Å². The second-order valence-corrected chi connectivity index (χ2v) is 5.05. The van der Waals surface area contributed by atoms with Crippen molar-refractivity contribution in [1.82, 2.24) is 0 Å². The molecule has 0 aliphatic carbocycles. The Morgan fingerprint density at radius 1 is 0.765 bits per heavy atom. The number of rotatable bonds is 12. The molecule has 0 unspecified atom stereocenters. The van der Waals surface area contributed by atoms with Crippen LogP contribution in [-0.4, -0.2) is 12.3 Å². The number of oxime groups is 1. The smallest absolute Gasteiger partial charge is 0.117 e. The van der Waals surface area contributed by atoms with Crippen molar-refractivity contribution in [3.8, 4) is 0 Å². The van der Waals surface area contributed by atoms with Crippen LogP contribution in [0.4, 0.5) is 0 Å². The average molecular weight is 241 g/mol. The van der Waals surface area contributed by atoms with Gasteiger partial charge in [-0.15, -0.1) is 0 Å². The van der Waals surface area contributed by atoms with Crippen LogP contribution in [0.3, 0.4) is 0 Å². The van der Waals surface area contributed by atoms with Gasteiger partial charge >= 0.3 is 0 Å². The molecule has 0 aromatic carbocycles. The van der Waals surface area contributed by atoms with Gasteiger partial charge in [0.15, 0.2) is 0 Å². The average Bonchev–Trinajstić information content (AvgIpc) is 2.30. The van der Waals surface area contributed by atoms with Gasteiger partial charge in [0, 0.05) is 0 Å². The molecule has 0 radical (unpaired) electrons. The summed E-state index contributed by atoms with van der Waals surface area (Å²) in [6.07, 6.45) is 13.6. The van der Waals surface area contributed by atoms with Crippen molar-refractivity contribution < 1.29 is 4.84 Å². The van der Waals surface area contributed by atoms with Crippen molar-refractivity contribution in [3.63, 3.8) is 0 Å². The van der Waals surface area contributed by atoms with Crippen molar-refractivity contribution in [1.29, 1.82) is 0 Å². The van der Waals surface area contributed by atoms with E-state index in [2.05, 4.69) is 12.1 Å². The molecule has 0 bridgehead atoms. The maximum atomic E-state index is 5.16. The highest BCUT2D eigenvalue weighted by Crippen LogP contribution is 2.10. The van der Waals surface area contributed by atoms with Gasteiger partial charge in [-0.2, -0.15) is 0 Å². The highest BCUT2D eigenvalue weighted by molar-refractivity contribution is 5.78. The van der Waals surface area contributed by atoms with Crippen LogP contribution in [0, 0.1) is 0 Å². The van der Waals surface area contributed by atoms with E-state index < -0.39 is 0 Å². The largest absolute Gasteiger partial charge is 0.396 e. The van der Waals surface area contributed by atoms with Gasteiger partial charge in [-0.05, 0) is 26.7 Å². The Kier molecular flexibility index (Phi) is 13.1. The molecule has 17 heavy (non-hydrogen) atoms. The fourth-order valence-electron chi connectivity index (χ4n) is 1.83. The molecule has 0 amide bonds. The number of nitrogens with zero attached hydrogens (tertiary/aromatic N) is 1. The summed E-state index contributed by atoms with van der Waals surface area (Å²) < 4.78 is 0. The van der Waals surface area contributed by atoms with Gasteiger partial charge in [0.25, 0.3) is 0 Å². The normalized spacial score (nSPS) is 10.3. The van der Waals surface area contributed by atoms with Crippen molar-refractivity contribution in [3.05, 3.63) is 0 Å². The third-order valence-electron chi connectivity index (χ3n) is 2.84. The Bertz CT molecular complexity index is 174. The predicted octanol–water partition coefficient (Wildman–Crippen LogP) is 5.32. The van der Waals surface area contributed by atoms with Crippen LogP contribution in [0.5, 0.6) is 0 Å². The SMILES string of the molecule is CCCCCCCCCCCCON=C(C)C. The van der Waals surface area contributed by atoms with Crippen molar-refractivity contribution >= 4 is 5.71 Å². The molecular formula is C15H31NO. The standard InChI is InChI=1S/C15H31NO/c1-4-5-6-7-8-9-10-11-12-13-14-17-16-15(2)3/h4-14H2,1-3H3. The first kappa shape index (κ1) is 16.5. The molecule has 0 fully saturated rings. The van der Waals surface area contributed by atoms with Crippen LogP contribution in [0.1, 0.15) is 85.0 Å². The Balaban J connectivity index is 2.96. The van der Waals surface area contributed by atoms with Crippen LogP contribution >= 0.6 is 0 Å². The first-order chi connectivity index (χ1) is 8.27. The highest BCUT2D eigenvalue weighted by atomic mass is 16.6. The van der Waals surface area contributed by atoms with Gasteiger partial charge in [-0.25, -0.2) is 0 Å². The lowest BCUT2D eigenvalue weighted by atomic mass is 10.1. The molecule has 0 aromatic heterocycles. The van der Waals surface area contributed by atoms with E-state index >= 15 is 0 Å². The first-order valence-corrected chi connectivity index (χ1v) is 7.40. The zero-order valence-electron chi connectivity index (χ0n) is 12.1. The van der Waals surface area contributed by atoms with E-state index in [0.29, 0.717) is 0 Å². The van der Waals surface area contributed by atoms with Gasteiger partial charge in [0.1, 0.15) is 6.61 Å². The molecule has 0 heterocycles. The van der Waals surface area contributed by atoms with Crippen LogP contribution in [0.2, 0.25) is 0 Å². The second-order valence-electron chi connectivity index (χ2n) is 5.05. The Morgan fingerprint density at radius 3 is 1.71 bits per heavy atom. The molecule has 0 spiro atoms. The summed E-state index contributed by atoms with van der Waals surface area (Å²) in [5, 5.41) is 3.92. The van der Waals surface area contributed by atoms with E-state index in [0.717, 1.165) is 18.7 Å². The van der Waals surface area contributed by atoms with E-state index in [1.165, 1.54) is 57.8 Å². The molecular weight excluding hydrogens is 210 g/mol. The Hall–Kier alpha value is -0.530. The quantitative estimate of drug-likeness (QED) is 0.257. The monoisotopic (exact) mass is 241 g/mol. The lowest BCUT2D eigenvalue weighted by molar-refractivity contribution is 0.139. The van der Waals surface area contributed by atoms with Gasteiger partial charge < -0.3 is 4.84 Å². The van der Waals surface area contributed by atoms with Gasteiger partial charge in [-0.3, -0.25) is 0 Å². The third-order valence-corrected chi connectivity index (χ3v) is 2.84. The molecule has 0 aliphatic rings. The maximum absolute atomic E-state index is 5.16. The molecule has 2 nitrogen and oxygen atoms in total. The highest BCUT2D eigenvalue weighted by Gasteiger charge is 1.92. The van der Waals surface area contributed by atoms with Gasteiger partial charge in [0.2, 0.25) is 0 Å². The number of hydrogen-bond acceptors (Lipinski definition) is 2. The van der Waals surface area contributed by atoms with Crippen molar-refractivity contribution in [2.24, 2.45) is 5.16 Å². The zero-order valence-corrected chi connectivity index (χ0v) is 12.1. The van der Waals surface area contributed by atoms with E-state index in [-0.39, 0.29) is 0 Å². The van der Waals surface area contributed by atoms with Crippen molar-refractivity contribution in [2.75, 3.05) is 6.61 Å². The number of unbranched alkanes of at least 4 members (excludes halogenated alkanes) is 9. The minimum absolute atomic E-state index is 0.779. The summed E-state index contributed by atoms with van der Waals surface area (Å²) in [5.74, 6) is 0. The summed E-state index contributed by atoms with van der Waals surface area (Å²) in [4.78, 5) is 5.16. The van der Waals surface area contributed by atoms with Gasteiger partial charge in [-0.1, -0.05) is 63.4 Å². The molecule has 102 valence electrons. The molecule has 0 aliphatic heterocycles. The van der Waals surface area contributed by atoms with E-state index in [1.54, 1.807) is 0 Å². The molecule has 0 rings (SSSR count). The van der Waals surface area contributed by atoms with Gasteiger partial charge in [0.05, 0.1) is 5.71 Å². The lowest BCUT2D eigenvalue weighted by Gasteiger charge is -2.02. The molecule has 0 saturated heterocycles. The van der Waals surface area contributed by atoms with Crippen LogP contribution in [-0.2, 0) is 4.84 Å². The predicted molar refractivity (Wildman–Crippen MR) is 76.6 cm³/mol. The van der Waals surface area contributed by atoms with Crippen molar-refractivity contribution in [2.45, 2.75) is 85.0 Å². The fraction of sp³-hybridized carbons (Fsp3) is 0.933. The van der Waals surface area contributed by atoms with Crippen LogP contribution in [0.15, 0.2) is 5.16 Å². The summed E-state index contributed by atoms with van der Waals surface area (Å²) in [5.41, 5.74) is 0.997. The van der Waals surface area contributed by atoms with E-state index in [4.69, 9.17) is 4.84 Å². The molecule has 0 saturated carbocycles. The summed E-state index contributed by atoms with van der Waals surface area (Å²) >= 11 is 0. The molecule has 0 atom stereocenters.